The van der Waals surface area contributed by atoms with E-state index in [9.17, 15) is 4.79 Å². The molecule has 1 heterocycles. The van der Waals surface area contributed by atoms with Crippen LogP contribution in [0.3, 0.4) is 0 Å². The number of nitrogens with two attached hydrogens (primary N) is 1. The molecule has 1 aliphatic carbocycles. The lowest BCUT2D eigenvalue weighted by Gasteiger charge is -2.46. The largest absolute Gasteiger partial charge is 0.385 e. The third-order valence-corrected chi connectivity index (χ3v) is 3.97. The van der Waals surface area contributed by atoms with Gasteiger partial charge in [-0.3, -0.25) is 0 Å². The monoisotopic (exact) mass is 223 g/mol. The Kier molecular flexibility index (Phi) is 2.48. The molecule has 0 aromatic rings. The van der Waals surface area contributed by atoms with E-state index in [1.54, 1.807) is 0 Å². The first-order chi connectivity index (χ1) is 7.41. The minimum Gasteiger partial charge on any atom is -0.385 e. The van der Waals surface area contributed by atoms with E-state index >= 15 is 0 Å². The van der Waals surface area contributed by atoms with E-state index in [1.165, 1.54) is 6.42 Å². The maximum Gasteiger partial charge on any atom is 0.346 e. The summed E-state index contributed by atoms with van der Waals surface area (Å²) in [6.45, 7) is 7.18. The van der Waals surface area contributed by atoms with Gasteiger partial charge in [-0.2, -0.15) is 4.99 Å². The molecule has 16 heavy (non-hydrogen) atoms. The minimum atomic E-state index is -0.284. The number of nitrogens with zero attached hydrogens (tertiary/aromatic N) is 2. The van der Waals surface area contributed by atoms with Gasteiger partial charge in [0.05, 0.1) is 0 Å². The maximum atomic E-state index is 11.8. The van der Waals surface area contributed by atoms with Crippen molar-refractivity contribution in [3.05, 3.63) is 0 Å². The van der Waals surface area contributed by atoms with Crippen molar-refractivity contribution < 1.29 is 4.79 Å². The normalized spacial score (nSPS) is 33.3. The highest BCUT2D eigenvalue weighted by Crippen LogP contribution is 2.46. The fourth-order valence-corrected chi connectivity index (χ4v) is 3.30. The molecule has 1 aliphatic heterocycles. The van der Waals surface area contributed by atoms with Crippen molar-refractivity contribution in [2.24, 2.45) is 16.1 Å². The number of hydrogen-bond acceptors (Lipinski definition) is 2. The molecule has 2 amide bonds. The van der Waals surface area contributed by atoms with Gasteiger partial charge in [-0.25, -0.2) is 4.79 Å². The summed E-state index contributed by atoms with van der Waals surface area (Å²) in [7, 11) is 0. The highest BCUT2D eigenvalue weighted by Gasteiger charge is 2.51. The van der Waals surface area contributed by atoms with Crippen LogP contribution < -0.4 is 5.73 Å². The van der Waals surface area contributed by atoms with E-state index in [4.69, 9.17) is 5.73 Å². The molecular weight excluding hydrogens is 202 g/mol. The van der Waals surface area contributed by atoms with Gasteiger partial charge in [0.15, 0.2) is 0 Å². The first-order valence-electron chi connectivity index (χ1n) is 6.07. The lowest BCUT2D eigenvalue weighted by Crippen LogP contribution is -2.57. The van der Waals surface area contributed by atoms with Crippen molar-refractivity contribution >= 4 is 11.9 Å². The van der Waals surface area contributed by atoms with Crippen LogP contribution in [0.4, 0.5) is 4.79 Å². The summed E-state index contributed by atoms with van der Waals surface area (Å²) >= 11 is 0. The molecule has 0 radical (unpaired) electrons. The highest BCUT2D eigenvalue weighted by atomic mass is 16.2. The smallest absolute Gasteiger partial charge is 0.346 e. The standard InChI is InChI=1S/C12H21N3O/c1-4-15-10(16)14-9(13)12(15)7-5-6-11(2,3)8-12/h4-8H2,1-3H3,(H2,13,14,16). The van der Waals surface area contributed by atoms with E-state index in [2.05, 4.69) is 18.8 Å². The summed E-state index contributed by atoms with van der Waals surface area (Å²) < 4.78 is 0. The van der Waals surface area contributed by atoms with E-state index in [0.717, 1.165) is 19.3 Å². The van der Waals surface area contributed by atoms with Crippen LogP contribution in [0.1, 0.15) is 46.5 Å². The Hall–Kier alpha value is -1.06. The fourth-order valence-electron chi connectivity index (χ4n) is 3.30. The third-order valence-electron chi connectivity index (χ3n) is 3.97. The van der Waals surface area contributed by atoms with Crippen LogP contribution in [-0.2, 0) is 0 Å². The molecule has 0 bridgehead atoms. The minimum absolute atomic E-state index is 0.155. The molecule has 4 nitrogen and oxygen atoms in total. The van der Waals surface area contributed by atoms with Gasteiger partial charge in [0, 0.05) is 6.54 Å². The summed E-state index contributed by atoms with van der Waals surface area (Å²) in [6, 6.07) is -0.155. The molecule has 2 N–H and O–H groups in total. The number of hydrogen-bond donors (Lipinski definition) is 1. The lowest BCUT2D eigenvalue weighted by atomic mass is 9.67. The number of rotatable bonds is 1. The molecule has 1 unspecified atom stereocenters. The Morgan fingerprint density at radius 2 is 2.12 bits per heavy atom. The van der Waals surface area contributed by atoms with Gasteiger partial charge in [0.2, 0.25) is 0 Å². The SMILES string of the molecule is CCN1C(=O)N=C(N)C12CCCC(C)(C)C2. The fraction of sp³-hybridized carbons (Fsp3) is 0.833. The molecule has 1 atom stereocenters. The molecule has 1 fully saturated rings. The zero-order valence-electron chi connectivity index (χ0n) is 10.4. The number of amidine groups is 1. The van der Waals surface area contributed by atoms with Crippen molar-refractivity contribution in [1.29, 1.82) is 0 Å². The summed E-state index contributed by atoms with van der Waals surface area (Å²) in [5.41, 5.74) is 5.97. The van der Waals surface area contributed by atoms with Crippen molar-refractivity contribution in [3.63, 3.8) is 0 Å². The van der Waals surface area contributed by atoms with Crippen LogP contribution in [0.15, 0.2) is 4.99 Å². The Labute approximate surface area is 96.9 Å². The van der Waals surface area contributed by atoms with Crippen LogP contribution in [0, 0.1) is 5.41 Å². The van der Waals surface area contributed by atoms with Gasteiger partial charge in [0.1, 0.15) is 11.4 Å². The van der Waals surface area contributed by atoms with Crippen molar-refractivity contribution in [1.82, 2.24) is 4.90 Å². The third kappa shape index (κ3) is 1.51. The topological polar surface area (TPSA) is 58.7 Å². The molecule has 0 aromatic heterocycles. The average Bonchev–Trinajstić information content (AvgIpc) is 2.36. The summed E-state index contributed by atoms with van der Waals surface area (Å²) in [5.74, 6) is 0.534. The summed E-state index contributed by atoms with van der Waals surface area (Å²) in [6.07, 6.45) is 4.22. The van der Waals surface area contributed by atoms with E-state index in [0.29, 0.717) is 12.4 Å². The lowest BCUT2D eigenvalue weighted by molar-refractivity contribution is 0.0898. The quantitative estimate of drug-likeness (QED) is 0.740. The van der Waals surface area contributed by atoms with Crippen LogP contribution in [0.2, 0.25) is 0 Å². The highest BCUT2D eigenvalue weighted by molar-refractivity contribution is 6.05. The van der Waals surface area contributed by atoms with Gasteiger partial charge in [-0.15, -0.1) is 0 Å². The Morgan fingerprint density at radius 3 is 2.69 bits per heavy atom. The predicted molar refractivity (Wildman–Crippen MR) is 64.4 cm³/mol. The number of aliphatic imine (C=N–C) groups is 1. The Balaban J connectivity index is 2.35. The molecular formula is C12H21N3O. The first-order valence-corrected chi connectivity index (χ1v) is 6.07. The molecule has 2 rings (SSSR count). The number of amides is 2. The van der Waals surface area contributed by atoms with Crippen LogP contribution in [-0.4, -0.2) is 28.9 Å². The predicted octanol–water partition coefficient (Wildman–Crippen LogP) is 2.14. The van der Waals surface area contributed by atoms with E-state index < -0.39 is 0 Å². The average molecular weight is 223 g/mol. The zero-order chi connectivity index (χ0) is 12.0. The molecule has 2 aliphatic rings. The second-order valence-corrected chi connectivity index (χ2v) is 5.75. The van der Waals surface area contributed by atoms with Gasteiger partial charge < -0.3 is 10.6 Å². The summed E-state index contributed by atoms with van der Waals surface area (Å²) in [4.78, 5) is 17.6. The van der Waals surface area contributed by atoms with Gasteiger partial charge in [0.25, 0.3) is 0 Å². The number of urea groups is 1. The second-order valence-electron chi connectivity index (χ2n) is 5.75. The Bertz CT molecular complexity index is 348. The molecule has 1 spiro atoms. The zero-order valence-corrected chi connectivity index (χ0v) is 10.4. The molecule has 1 saturated carbocycles. The molecule has 0 saturated heterocycles. The van der Waals surface area contributed by atoms with Gasteiger partial charge in [-0.1, -0.05) is 20.3 Å². The number of carbonyl (C=O) groups excluding carboxylic acids is 1. The van der Waals surface area contributed by atoms with E-state index in [-0.39, 0.29) is 17.0 Å². The Morgan fingerprint density at radius 1 is 1.44 bits per heavy atom. The van der Waals surface area contributed by atoms with Crippen molar-refractivity contribution in [2.75, 3.05) is 6.54 Å². The van der Waals surface area contributed by atoms with E-state index in [1.807, 2.05) is 11.8 Å². The molecule has 90 valence electrons. The number of carbonyl (C=O) groups is 1. The molecule has 4 heteroatoms. The van der Waals surface area contributed by atoms with Crippen molar-refractivity contribution in [3.8, 4) is 0 Å². The summed E-state index contributed by atoms with van der Waals surface area (Å²) in [5, 5.41) is 0. The maximum absolute atomic E-state index is 11.8. The van der Waals surface area contributed by atoms with Crippen LogP contribution in [0.5, 0.6) is 0 Å². The first kappa shape index (κ1) is 11.4. The van der Waals surface area contributed by atoms with Crippen LogP contribution >= 0.6 is 0 Å². The number of likely N-dealkylation sites (N-methyl/N-ethyl adjacent to an activating group) is 1. The van der Waals surface area contributed by atoms with Gasteiger partial charge >= 0.3 is 6.03 Å². The van der Waals surface area contributed by atoms with Gasteiger partial charge in [-0.05, 0) is 31.6 Å². The van der Waals surface area contributed by atoms with Crippen LogP contribution in [0.25, 0.3) is 0 Å². The second kappa shape index (κ2) is 3.47. The molecule has 0 aromatic carbocycles. The van der Waals surface area contributed by atoms with Crippen molar-refractivity contribution in [2.45, 2.75) is 52.0 Å².